The number of thiophene rings is 2. The third-order valence-electron chi connectivity index (χ3n) is 10.9. The lowest BCUT2D eigenvalue weighted by atomic mass is 9.99. The number of fused-ring (bicyclic) bond motifs is 6. The molecule has 0 amide bonds. The topological polar surface area (TPSA) is 26.7 Å². The highest BCUT2D eigenvalue weighted by Crippen LogP contribution is 2.47. The molecule has 0 fully saturated rings. The molecule has 0 saturated carbocycles. The van der Waals surface area contributed by atoms with Crippen molar-refractivity contribution in [3.8, 4) is 28.0 Å². The van der Waals surface area contributed by atoms with Gasteiger partial charge in [-0.1, -0.05) is 133 Å². The maximum Gasteiger partial charge on any atom is 0.125 e. The molecule has 0 spiro atoms. The van der Waals surface area contributed by atoms with E-state index in [1.807, 2.05) is 101 Å². The average molecular weight is 796 g/mol. The van der Waals surface area contributed by atoms with Gasteiger partial charge < -0.3 is 14.9 Å². The zero-order chi connectivity index (χ0) is 41.9. The summed E-state index contributed by atoms with van der Waals surface area (Å²) < 4.78 is 32.8. The van der Waals surface area contributed by atoms with Crippen LogP contribution in [0.5, 0.6) is 5.75 Å². The lowest BCUT2D eigenvalue weighted by Crippen LogP contribution is -2.10. The molecule has 2 aromatic heterocycles. The fraction of sp³-hybridized carbons (Fsp3) is 0. The Kier molecular flexibility index (Phi) is 7.90. The molecule has 280 valence electrons. The molecule has 59 heavy (non-hydrogen) atoms. The molecule has 0 radical (unpaired) electrons. The quantitative estimate of drug-likeness (QED) is 0.166. The summed E-state index contributed by atoms with van der Waals surface area (Å²) >= 11 is 3.46. The highest BCUT2D eigenvalue weighted by atomic mass is 32.1. The van der Waals surface area contributed by atoms with E-state index >= 15 is 0 Å². The summed E-state index contributed by atoms with van der Waals surface area (Å²) in [6.45, 7) is 0. The predicted octanol–water partition coefficient (Wildman–Crippen LogP) is 16.4. The van der Waals surface area contributed by atoms with Crippen molar-refractivity contribution >= 4 is 97.1 Å². The molecule has 0 unspecified atom stereocenters. The van der Waals surface area contributed by atoms with Crippen molar-refractivity contribution < 1.29 is 9.22 Å². The number of hydrogen-bond donors (Lipinski definition) is 1. The maximum absolute atomic E-state index is 11.9. The van der Waals surface area contributed by atoms with Crippen molar-refractivity contribution in [3.05, 3.63) is 212 Å². The normalized spacial score (nSPS) is 12.2. The van der Waals surface area contributed by atoms with Gasteiger partial charge in [0.2, 0.25) is 0 Å². The van der Waals surface area contributed by atoms with E-state index in [0.717, 1.165) is 59.7 Å². The second kappa shape index (κ2) is 14.6. The Labute approximate surface area is 354 Å². The molecule has 0 saturated heterocycles. The van der Waals surface area contributed by atoms with Crippen LogP contribution in [0.1, 0.15) is 4.11 Å². The van der Waals surface area contributed by atoms with E-state index in [1.54, 1.807) is 11.3 Å². The van der Waals surface area contributed by atoms with Gasteiger partial charge >= 0.3 is 0 Å². The smallest absolute Gasteiger partial charge is 0.125 e. The Bertz CT molecular complexity index is 3430. The molecular formula is C54H36N2OS2. The Morgan fingerprint density at radius 2 is 0.797 bits per heavy atom. The van der Waals surface area contributed by atoms with Gasteiger partial charge in [-0.05, 0) is 89.4 Å². The molecular weight excluding hydrogens is 757 g/mol. The van der Waals surface area contributed by atoms with Crippen LogP contribution in [0.2, 0.25) is 0 Å². The van der Waals surface area contributed by atoms with Crippen LogP contribution in [0.15, 0.2) is 212 Å². The fourth-order valence-corrected chi connectivity index (χ4v) is 10.5. The highest BCUT2D eigenvalue weighted by molar-refractivity contribution is 7.26. The summed E-state index contributed by atoms with van der Waals surface area (Å²) in [6, 6.07) is 65.1. The van der Waals surface area contributed by atoms with Crippen molar-refractivity contribution in [2.45, 2.75) is 0 Å². The van der Waals surface area contributed by atoms with Crippen LogP contribution in [-0.4, -0.2) is 5.11 Å². The molecule has 0 bridgehead atoms. The Morgan fingerprint density at radius 1 is 0.373 bits per heavy atom. The molecule has 11 rings (SSSR count). The monoisotopic (exact) mass is 795 g/mol. The van der Waals surface area contributed by atoms with Gasteiger partial charge in [0.05, 0.1) is 24.9 Å². The van der Waals surface area contributed by atoms with Gasteiger partial charge in [0, 0.05) is 65.3 Å². The summed E-state index contributed by atoms with van der Waals surface area (Å²) in [7, 11) is 0. The maximum atomic E-state index is 11.9. The molecule has 3 nitrogen and oxygen atoms in total. The molecule has 11 aromatic rings. The first kappa shape index (κ1) is 31.9. The molecule has 5 heteroatoms. The minimum absolute atomic E-state index is 0.140. The van der Waals surface area contributed by atoms with Crippen LogP contribution in [0.4, 0.5) is 34.1 Å². The Balaban J connectivity index is 0.956. The van der Waals surface area contributed by atoms with E-state index in [1.165, 1.54) is 20.2 Å². The van der Waals surface area contributed by atoms with Gasteiger partial charge in [-0.2, -0.15) is 0 Å². The number of para-hydroxylation sites is 2. The lowest BCUT2D eigenvalue weighted by molar-refractivity contribution is 0.477. The highest BCUT2D eigenvalue weighted by Gasteiger charge is 2.20. The number of phenols is 1. The second-order valence-electron chi connectivity index (χ2n) is 14.4. The number of aromatic hydroxyl groups is 1. The number of anilines is 6. The molecule has 9 aromatic carbocycles. The van der Waals surface area contributed by atoms with Gasteiger partial charge in [-0.15, -0.1) is 22.7 Å². The number of rotatable bonds is 8. The summed E-state index contributed by atoms with van der Waals surface area (Å²) in [6.07, 6.45) is 0. The van der Waals surface area contributed by atoms with Crippen LogP contribution in [0, 0.1) is 0 Å². The number of phenolic OH excluding ortho intramolecular Hbond substituents is 1. The van der Waals surface area contributed by atoms with Gasteiger partial charge in [-0.25, -0.2) is 0 Å². The lowest BCUT2D eigenvalue weighted by Gasteiger charge is -2.26. The molecule has 0 aliphatic carbocycles. The van der Waals surface area contributed by atoms with Crippen molar-refractivity contribution in [1.29, 1.82) is 0 Å². The third kappa shape index (κ3) is 6.20. The van der Waals surface area contributed by atoms with Crippen LogP contribution < -0.4 is 9.80 Å². The van der Waals surface area contributed by atoms with E-state index in [9.17, 15) is 9.22 Å². The zero-order valence-corrected chi connectivity index (χ0v) is 33.3. The van der Waals surface area contributed by atoms with Gasteiger partial charge in [0.25, 0.3) is 0 Å². The molecule has 1 N–H and O–H groups in total. The minimum atomic E-state index is -0.336. The van der Waals surface area contributed by atoms with Crippen molar-refractivity contribution in [2.24, 2.45) is 0 Å². The summed E-state index contributed by atoms with van der Waals surface area (Å²) in [5.41, 5.74) is 7.57. The van der Waals surface area contributed by atoms with Crippen LogP contribution in [0.3, 0.4) is 0 Å². The average Bonchev–Trinajstić information content (AvgIpc) is 3.91. The Hall–Kier alpha value is -7.18. The molecule has 0 aliphatic heterocycles. The predicted molar refractivity (Wildman–Crippen MR) is 254 cm³/mol. The van der Waals surface area contributed by atoms with Crippen LogP contribution in [-0.2, 0) is 0 Å². The van der Waals surface area contributed by atoms with Crippen molar-refractivity contribution in [2.75, 3.05) is 9.80 Å². The molecule has 2 heterocycles. The largest absolute Gasteiger partial charge is 0.507 e. The molecule has 0 aliphatic rings. The van der Waals surface area contributed by atoms with Crippen molar-refractivity contribution in [1.82, 2.24) is 0 Å². The first-order valence-electron chi connectivity index (χ1n) is 21.0. The minimum Gasteiger partial charge on any atom is -0.507 e. The number of benzene rings is 9. The van der Waals surface area contributed by atoms with Crippen molar-refractivity contribution in [3.63, 3.8) is 0 Å². The van der Waals surface area contributed by atoms with E-state index < -0.39 is 0 Å². The van der Waals surface area contributed by atoms with E-state index in [4.69, 9.17) is 0 Å². The Morgan fingerprint density at radius 3 is 1.34 bits per heavy atom. The zero-order valence-electron chi connectivity index (χ0n) is 34.6. The van der Waals surface area contributed by atoms with Crippen LogP contribution in [0.25, 0.3) is 62.6 Å². The van der Waals surface area contributed by atoms with E-state index in [-0.39, 0.29) is 35.1 Å². The van der Waals surface area contributed by atoms with E-state index in [0.29, 0.717) is 5.56 Å². The standard InChI is InChI=1S/C54H36N2OS2/c57-50-35-42(56(40-15-5-2-6-16-40)49-22-12-20-47-45-18-8-10-24-52(45)59-54(47)49)33-34-43(50)38-27-25-36(26-28-38)37-29-31-41(32-30-37)55(39-13-3-1-4-14-39)48-21-11-19-46-44-17-7-9-23-51(44)58-53(46)48/h1-35,57H/i33D,34D,35D. The summed E-state index contributed by atoms with van der Waals surface area (Å²) in [5.74, 6) is -0.336. The number of hydrogen-bond acceptors (Lipinski definition) is 5. The van der Waals surface area contributed by atoms with Gasteiger partial charge in [-0.3, -0.25) is 0 Å². The fourth-order valence-electron chi connectivity index (χ4n) is 8.13. The summed E-state index contributed by atoms with van der Waals surface area (Å²) in [5, 5.41) is 16.6. The second-order valence-corrected chi connectivity index (χ2v) is 16.5. The third-order valence-corrected chi connectivity index (χ3v) is 13.3. The first-order valence-corrected chi connectivity index (χ1v) is 21.1. The summed E-state index contributed by atoms with van der Waals surface area (Å²) in [4.78, 5) is 4.16. The SMILES string of the molecule is [2H]c1c([2H])c(N(c2ccccc2)c2cccc3c2sc2ccccc23)c([2H])c(O)c1-c1ccc(-c2ccc(N(c3ccccc3)c3cccc4c3sc3ccccc34)cc2)cc1. The molecule has 0 atom stereocenters. The first-order chi connectivity index (χ1) is 30.4. The van der Waals surface area contributed by atoms with Crippen LogP contribution >= 0.6 is 22.7 Å². The number of nitrogens with zero attached hydrogens (tertiary/aromatic N) is 2. The van der Waals surface area contributed by atoms with Gasteiger partial charge in [0.1, 0.15) is 5.75 Å². The van der Waals surface area contributed by atoms with E-state index in [2.05, 4.69) is 114 Å². The van der Waals surface area contributed by atoms with Gasteiger partial charge in [0.15, 0.2) is 0 Å².